The monoisotopic (exact) mass is 1250 g/mol. The number of nitrogens with zero attached hydrogens (tertiary/aromatic N) is 10. The topological polar surface area (TPSA) is 439 Å². The smallest absolute Gasteiger partial charge is 0.300 e. The van der Waals surface area contributed by atoms with Gasteiger partial charge in [-0.15, -0.1) is 37.3 Å². The Morgan fingerprint density at radius 1 is 0.725 bits per heavy atom. The molecule has 5 aromatic carbocycles. The van der Waals surface area contributed by atoms with Gasteiger partial charge < -0.3 is 14.6 Å². The number of thiazole rings is 1. The highest BCUT2D eigenvalue weighted by molar-refractivity contribution is 7.99. The van der Waals surface area contributed by atoms with Crippen LogP contribution >= 0.6 is 34.7 Å². The molecular weight excluding hydrogens is 1220 g/mol. The van der Waals surface area contributed by atoms with Gasteiger partial charge in [0.2, 0.25) is 11.0 Å². The Kier molecular flexibility index (Phi) is 16.7. The molecule has 3 aromatic heterocycles. The number of imidazole rings is 1. The molecule has 80 heavy (non-hydrogen) atoms. The Morgan fingerprint density at radius 2 is 1.40 bits per heavy atom. The number of aromatic hydroxyl groups is 1. The number of rotatable bonds is 20. The predicted octanol–water partition coefficient (Wildman–Crippen LogP) is 10.1. The number of thioether (sulfide) groups is 1. The van der Waals surface area contributed by atoms with Crippen molar-refractivity contribution in [2.45, 2.75) is 46.3 Å². The summed E-state index contributed by atoms with van der Waals surface area (Å²) in [5.74, 6) is -2.25. The molecule has 6 N–H and O–H groups in total. The molecule has 0 amide bonds. The summed E-state index contributed by atoms with van der Waals surface area (Å²) in [4.78, 5) is 6.88. The number of hydrogen-bond acceptors (Lipinski definition) is 24. The average Bonchev–Trinajstić information content (AvgIpc) is 4.16. The van der Waals surface area contributed by atoms with Crippen LogP contribution in [-0.4, -0.2) is 115 Å². The van der Waals surface area contributed by atoms with Crippen molar-refractivity contribution in [3.8, 4) is 23.4 Å². The Labute approximate surface area is 466 Å². The van der Waals surface area contributed by atoms with E-state index in [1.54, 1.807) is 6.92 Å². The van der Waals surface area contributed by atoms with Crippen molar-refractivity contribution in [2.75, 3.05) is 31.0 Å². The summed E-state index contributed by atoms with van der Waals surface area (Å²) in [5, 5.41) is 47.5. The van der Waals surface area contributed by atoms with Crippen molar-refractivity contribution in [2.24, 2.45) is 30.7 Å². The first kappa shape index (κ1) is 59.2. The first-order valence-electron chi connectivity index (χ1n) is 22.2. The molecule has 0 saturated carbocycles. The molecule has 36 heteroatoms. The molecule has 0 unspecified atom stereocenters. The number of fused-ring (bicyclic) bond motifs is 6. The lowest BCUT2D eigenvalue weighted by Gasteiger charge is -2.12. The molecule has 0 saturated heterocycles. The third kappa shape index (κ3) is 13.0. The number of nitriles is 1. The molecule has 0 aliphatic rings. The zero-order valence-electron chi connectivity index (χ0n) is 40.8. The largest absolute Gasteiger partial charge is 0.495 e. The van der Waals surface area contributed by atoms with E-state index in [-0.39, 0.29) is 129 Å². The maximum absolute atomic E-state index is 12.5. The van der Waals surface area contributed by atoms with Crippen LogP contribution in [0.15, 0.2) is 111 Å². The number of benzene rings is 5. The molecule has 0 fully saturated rings. The van der Waals surface area contributed by atoms with Crippen LogP contribution in [0.4, 0.5) is 33.6 Å². The SMILES string of the molecule is COc1ccc2c(nc3c(C#N)c(C)c(N=Nc4cc(C)c(N=Nc5cc(Cl)c(N=Nc6nc7c(S(=O)(=O)O)cc8ccc(S(=O)(=O)O)cc8c7s6)cc5SCCCS(=O)(=O)O)cc4OCCCS(=O)(=O)O)c(O)n32)c1S(=O)(=O)O. The van der Waals surface area contributed by atoms with Crippen LogP contribution in [0.5, 0.6) is 17.4 Å². The van der Waals surface area contributed by atoms with Crippen molar-refractivity contribution in [1.29, 1.82) is 5.26 Å². The maximum atomic E-state index is 12.5. The fourth-order valence-electron chi connectivity index (χ4n) is 7.75. The van der Waals surface area contributed by atoms with Gasteiger partial charge in [0.25, 0.3) is 50.6 Å². The number of azo groups is 3. The summed E-state index contributed by atoms with van der Waals surface area (Å²) in [6.45, 7) is 2.66. The summed E-state index contributed by atoms with van der Waals surface area (Å²) in [6, 6.07) is 14.3. The summed E-state index contributed by atoms with van der Waals surface area (Å²) < 4.78 is 181. The summed E-state index contributed by atoms with van der Waals surface area (Å²) in [7, 11) is -22.2. The molecule has 8 rings (SSSR count). The summed E-state index contributed by atoms with van der Waals surface area (Å²) >= 11 is 8.49. The fourth-order valence-corrected chi connectivity index (χ4v) is 13.1. The van der Waals surface area contributed by atoms with Gasteiger partial charge in [0.1, 0.15) is 56.1 Å². The Morgan fingerprint density at radius 3 is 2.05 bits per heavy atom. The van der Waals surface area contributed by atoms with Crippen LogP contribution in [0, 0.1) is 25.2 Å². The zero-order chi connectivity index (χ0) is 58.4. The van der Waals surface area contributed by atoms with E-state index >= 15 is 0 Å². The van der Waals surface area contributed by atoms with Crippen molar-refractivity contribution < 1.29 is 79.4 Å². The Hall–Kier alpha value is -6.92. The normalized spacial score (nSPS) is 13.1. The van der Waals surface area contributed by atoms with Crippen LogP contribution in [0.1, 0.15) is 29.5 Å². The lowest BCUT2D eigenvalue weighted by Crippen LogP contribution is -2.08. The summed E-state index contributed by atoms with van der Waals surface area (Å²) in [5.41, 5.74) is -0.912. The number of pyridine rings is 1. The first-order chi connectivity index (χ1) is 37.4. The molecule has 0 atom stereocenters. The van der Waals surface area contributed by atoms with E-state index < -0.39 is 82.7 Å². The minimum atomic E-state index is -4.97. The van der Waals surface area contributed by atoms with Crippen molar-refractivity contribution in [3.63, 3.8) is 0 Å². The van der Waals surface area contributed by atoms with Crippen molar-refractivity contribution >= 4 is 157 Å². The van der Waals surface area contributed by atoms with Gasteiger partial charge in [0.05, 0.1) is 51.0 Å². The highest BCUT2D eigenvalue weighted by atomic mass is 35.5. The third-order valence-electron chi connectivity index (χ3n) is 11.4. The number of hydrogen-bond donors (Lipinski definition) is 6. The highest BCUT2D eigenvalue weighted by Gasteiger charge is 2.29. The molecule has 0 bridgehead atoms. The van der Waals surface area contributed by atoms with Gasteiger partial charge in [-0.25, -0.2) is 9.97 Å². The van der Waals surface area contributed by atoms with Gasteiger partial charge in [0, 0.05) is 21.9 Å². The van der Waals surface area contributed by atoms with E-state index in [1.807, 2.05) is 6.07 Å². The van der Waals surface area contributed by atoms with Gasteiger partial charge in [-0.2, -0.15) is 52.5 Å². The van der Waals surface area contributed by atoms with E-state index in [0.29, 0.717) is 5.56 Å². The predicted molar refractivity (Wildman–Crippen MR) is 290 cm³/mol. The molecular formula is C44H37ClN10O18S7. The summed E-state index contributed by atoms with van der Waals surface area (Å²) in [6.07, 6.45) is -0.264. The second-order valence-electron chi connectivity index (χ2n) is 16.8. The van der Waals surface area contributed by atoms with Gasteiger partial charge in [-0.1, -0.05) is 29.0 Å². The average molecular weight is 1250 g/mol. The van der Waals surface area contributed by atoms with E-state index in [4.69, 9.17) is 21.1 Å². The standard InChI is InChI=1S/C44H37ClN10O18S7/c1-21-14-30(51-53-37-22(2)26(20-46)42-47-38-32(55(42)43(37)56)8-9-33(72-3)41(38)80(69,70)71)34(73-10-4-12-76(57,58)59)18-28(21)49-52-31-17-27(45)29(19-35(31)74-11-5-13-77(60,61)62)50-54-44-48-39-36(79(66,67)68)15-23-6-7-24(78(63,64)65)16-25(23)40(39)75-44/h6-9,14-19,56H,4-5,10-13H2,1-3H3,(H,57,58,59)(H,60,61,62)(H,63,64,65)(H,66,67,68)(H,69,70,71). The van der Waals surface area contributed by atoms with Crippen LogP contribution in [-0.2, 0) is 50.6 Å². The quantitative estimate of drug-likeness (QED) is 0.0179. The zero-order valence-corrected chi connectivity index (χ0v) is 47.3. The minimum Gasteiger partial charge on any atom is -0.495 e. The molecule has 0 radical (unpaired) electrons. The number of ether oxygens (including phenoxy) is 2. The fraction of sp³-hybridized carbons (Fsp3) is 0.205. The molecule has 420 valence electrons. The molecule has 0 spiro atoms. The van der Waals surface area contributed by atoms with E-state index in [1.165, 1.54) is 49.4 Å². The third-order valence-corrected chi connectivity index (χ3v) is 18.0. The van der Waals surface area contributed by atoms with Crippen molar-refractivity contribution in [1.82, 2.24) is 14.4 Å². The Bertz CT molecular complexity index is 4640. The van der Waals surface area contributed by atoms with Crippen LogP contribution < -0.4 is 9.47 Å². The first-order valence-corrected chi connectivity index (χ1v) is 31.9. The van der Waals surface area contributed by atoms with Crippen LogP contribution in [0.25, 0.3) is 37.7 Å². The van der Waals surface area contributed by atoms with E-state index in [2.05, 4.69) is 40.7 Å². The molecule has 0 aliphatic heterocycles. The van der Waals surface area contributed by atoms with E-state index in [9.17, 15) is 75.2 Å². The molecule has 28 nitrogen and oxygen atoms in total. The number of methoxy groups -OCH3 is 1. The molecule has 0 aliphatic carbocycles. The minimum absolute atomic E-state index is 0.0335. The van der Waals surface area contributed by atoms with Gasteiger partial charge >= 0.3 is 0 Å². The van der Waals surface area contributed by atoms with E-state index in [0.717, 1.165) is 52.8 Å². The lowest BCUT2D eigenvalue weighted by molar-refractivity contribution is 0.317. The lowest BCUT2D eigenvalue weighted by atomic mass is 10.1. The Balaban J connectivity index is 1.19. The highest BCUT2D eigenvalue weighted by Crippen LogP contribution is 2.45. The maximum Gasteiger partial charge on any atom is 0.300 e. The number of aromatic nitrogens is 3. The van der Waals surface area contributed by atoms with Gasteiger partial charge in [-0.3, -0.25) is 27.2 Å². The van der Waals surface area contributed by atoms with Crippen LogP contribution in [0.3, 0.4) is 0 Å². The molecule has 3 heterocycles. The second-order valence-corrected chi connectivity index (χ2v) is 26.7. The number of aryl methyl sites for hydroxylation is 1. The second kappa shape index (κ2) is 22.6. The van der Waals surface area contributed by atoms with Gasteiger partial charge in [0.15, 0.2) is 16.2 Å². The van der Waals surface area contributed by atoms with Gasteiger partial charge in [-0.05, 0) is 91.9 Å². The van der Waals surface area contributed by atoms with Crippen LogP contribution in [0.2, 0.25) is 5.02 Å². The number of halogens is 1. The van der Waals surface area contributed by atoms with Crippen molar-refractivity contribution in [3.05, 3.63) is 82.4 Å². The molecule has 8 aromatic rings.